The zero-order valence-corrected chi connectivity index (χ0v) is 23.5. The van der Waals surface area contributed by atoms with Crippen LogP contribution in [0.3, 0.4) is 0 Å². The minimum Gasteiger partial charge on any atom is -0.392 e. The van der Waals surface area contributed by atoms with Crippen LogP contribution < -0.4 is 5.32 Å². The molecule has 0 aliphatic rings. The van der Waals surface area contributed by atoms with Gasteiger partial charge in [0.1, 0.15) is 5.69 Å². The molecule has 2 aromatic heterocycles. The van der Waals surface area contributed by atoms with Crippen LogP contribution >= 0.6 is 23.8 Å². The summed E-state index contributed by atoms with van der Waals surface area (Å²) in [5.74, 6) is -0.371. The van der Waals surface area contributed by atoms with Crippen LogP contribution in [0.25, 0.3) is 22.0 Å². The van der Waals surface area contributed by atoms with Gasteiger partial charge in [-0.1, -0.05) is 42.5 Å². The number of pyridine rings is 1. The highest BCUT2D eigenvalue weighted by atomic mass is 79.9. The fourth-order valence-electron chi connectivity index (χ4n) is 4.05. The van der Waals surface area contributed by atoms with Crippen molar-refractivity contribution in [1.82, 2.24) is 14.9 Å². The van der Waals surface area contributed by atoms with Crippen molar-refractivity contribution in [3.63, 3.8) is 0 Å². The average Bonchev–Trinajstić information content (AvgIpc) is 3.17. The standard InChI is InChI=1S/C27H29BrN3O6P/c1-18(2)37-38(34,35)36-13-12-30-27(33)26-25(28)23-10-9-21(22-4-3-11-29-15-22)14-24(23)31(26)16-19-5-7-20(17-32)8-6-19/h3-11,14-15,18,32H,12-13,16-17H2,1-2H3,(H,30,33)(H,34,35). The molecule has 2 aromatic carbocycles. The molecule has 200 valence electrons. The monoisotopic (exact) mass is 601 g/mol. The lowest BCUT2D eigenvalue weighted by molar-refractivity contribution is 0.0916. The number of fused-ring (bicyclic) bond motifs is 1. The quantitative estimate of drug-likeness (QED) is 0.158. The van der Waals surface area contributed by atoms with Crippen molar-refractivity contribution in [1.29, 1.82) is 0 Å². The number of halogens is 1. The molecule has 38 heavy (non-hydrogen) atoms. The molecule has 0 aliphatic carbocycles. The minimum atomic E-state index is -4.20. The molecule has 1 unspecified atom stereocenters. The number of nitrogens with one attached hydrogen (secondary N) is 1. The maximum absolute atomic E-state index is 13.4. The first-order valence-corrected chi connectivity index (χ1v) is 14.3. The number of rotatable bonds is 11. The zero-order chi connectivity index (χ0) is 27.3. The summed E-state index contributed by atoms with van der Waals surface area (Å²) in [4.78, 5) is 27.3. The minimum absolute atomic E-state index is 0.00490. The molecule has 4 aromatic rings. The Morgan fingerprint density at radius 2 is 1.87 bits per heavy atom. The summed E-state index contributed by atoms with van der Waals surface area (Å²) in [5.41, 5.74) is 4.90. The van der Waals surface area contributed by atoms with Gasteiger partial charge in [0.05, 0.1) is 29.3 Å². The smallest absolute Gasteiger partial charge is 0.392 e. The average molecular weight is 602 g/mol. The molecule has 0 saturated heterocycles. The van der Waals surface area contributed by atoms with E-state index in [-0.39, 0.29) is 25.7 Å². The van der Waals surface area contributed by atoms with Crippen molar-refractivity contribution >= 4 is 40.6 Å². The number of amides is 1. The number of carbonyl (C=O) groups excluding carboxylic acids is 1. The maximum atomic E-state index is 13.4. The van der Waals surface area contributed by atoms with Crippen LogP contribution in [0.4, 0.5) is 0 Å². The van der Waals surface area contributed by atoms with Gasteiger partial charge in [0.2, 0.25) is 0 Å². The van der Waals surface area contributed by atoms with Gasteiger partial charge in [-0.3, -0.25) is 18.8 Å². The predicted molar refractivity (Wildman–Crippen MR) is 149 cm³/mol. The van der Waals surface area contributed by atoms with Crippen LogP contribution in [0.2, 0.25) is 0 Å². The van der Waals surface area contributed by atoms with Crippen molar-refractivity contribution in [3.8, 4) is 11.1 Å². The van der Waals surface area contributed by atoms with E-state index in [0.29, 0.717) is 16.7 Å². The Balaban J connectivity index is 1.66. The van der Waals surface area contributed by atoms with Crippen LogP contribution in [0.15, 0.2) is 71.5 Å². The summed E-state index contributed by atoms with van der Waals surface area (Å²) in [6, 6.07) is 17.3. The maximum Gasteiger partial charge on any atom is 0.472 e. The molecule has 0 aliphatic heterocycles. The predicted octanol–water partition coefficient (Wildman–Crippen LogP) is 5.28. The van der Waals surface area contributed by atoms with Crippen LogP contribution in [0, 0.1) is 0 Å². The van der Waals surface area contributed by atoms with E-state index >= 15 is 0 Å². The van der Waals surface area contributed by atoms with Gasteiger partial charge in [-0.25, -0.2) is 4.57 Å². The van der Waals surface area contributed by atoms with Crippen molar-refractivity contribution < 1.29 is 28.4 Å². The molecule has 0 spiro atoms. The lowest BCUT2D eigenvalue weighted by Gasteiger charge is -2.15. The normalized spacial score (nSPS) is 13.1. The van der Waals surface area contributed by atoms with Crippen LogP contribution in [0.1, 0.15) is 35.5 Å². The van der Waals surface area contributed by atoms with E-state index in [0.717, 1.165) is 33.2 Å². The summed E-state index contributed by atoms with van der Waals surface area (Å²) in [6.07, 6.45) is 3.02. The Bertz CT molecular complexity index is 1460. The third-order valence-electron chi connectivity index (χ3n) is 5.75. The van der Waals surface area contributed by atoms with Gasteiger partial charge in [-0.05, 0) is 58.6 Å². The Kier molecular flexibility index (Phi) is 9.15. The molecular formula is C27H29BrN3O6P. The first kappa shape index (κ1) is 28.2. The molecule has 0 fully saturated rings. The van der Waals surface area contributed by atoms with E-state index < -0.39 is 13.9 Å². The number of aliphatic hydroxyl groups excluding tert-OH is 1. The molecule has 0 radical (unpaired) electrons. The van der Waals surface area contributed by atoms with Gasteiger partial charge in [-0.15, -0.1) is 0 Å². The largest absolute Gasteiger partial charge is 0.472 e. The molecule has 2 heterocycles. The fraction of sp³-hybridized carbons (Fsp3) is 0.259. The Morgan fingerprint density at radius 3 is 2.53 bits per heavy atom. The second kappa shape index (κ2) is 12.3. The van der Waals surface area contributed by atoms with Crippen molar-refractivity contribution in [3.05, 3.63) is 88.3 Å². The van der Waals surface area contributed by atoms with Crippen LogP contribution in [0.5, 0.6) is 0 Å². The second-order valence-electron chi connectivity index (χ2n) is 8.91. The number of benzene rings is 2. The molecule has 0 bridgehead atoms. The number of carbonyl (C=O) groups is 1. The van der Waals surface area contributed by atoms with Crippen LogP contribution in [-0.4, -0.2) is 44.7 Å². The van der Waals surface area contributed by atoms with E-state index in [1.807, 2.05) is 59.2 Å². The van der Waals surface area contributed by atoms with Gasteiger partial charge < -0.3 is 19.9 Å². The third kappa shape index (κ3) is 6.77. The third-order valence-corrected chi connectivity index (χ3v) is 7.74. The molecule has 1 amide bonds. The van der Waals surface area contributed by atoms with Crippen molar-refractivity contribution in [2.24, 2.45) is 0 Å². The Labute approximate surface area is 229 Å². The summed E-state index contributed by atoms with van der Waals surface area (Å²) in [7, 11) is -4.20. The van der Waals surface area contributed by atoms with E-state index in [9.17, 15) is 19.4 Å². The number of hydrogen-bond acceptors (Lipinski definition) is 6. The SMILES string of the molecule is CC(C)OP(=O)(O)OCCNC(=O)c1c(Br)c2ccc(-c3cccnc3)cc2n1Cc1ccc(CO)cc1. The molecule has 4 rings (SSSR count). The number of phosphoric ester groups is 1. The number of nitrogens with zero attached hydrogens (tertiary/aromatic N) is 2. The van der Waals surface area contributed by atoms with Crippen molar-refractivity contribution in [2.45, 2.75) is 33.1 Å². The molecule has 11 heteroatoms. The molecule has 1 atom stereocenters. The van der Waals surface area contributed by atoms with E-state index in [1.165, 1.54) is 0 Å². The topological polar surface area (TPSA) is 123 Å². The first-order chi connectivity index (χ1) is 18.2. The van der Waals surface area contributed by atoms with Gasteiger partial charge in [0.25, 0.3) is 5.91 Å². The highest BCUT2D eigenvalue weighted by molar-refractivity contribution is 9.10. The fourth-order valence-corrected chi connectivity index (χ4v) is 5.69. The highest BCUT2D eigenvalue weighted by Gasteiger charge is 2.24. The zero-order valence-electron chi connectivity index (χ0n) is 21.0. The number of phosphoric acid groups is 1. The highest BCUT2D eigenvalue weighted by Crippen LogP contribution is 2.44. The number of aliphatic hydroxyl groups is 1. The summed E-state index contributed by atoms with van der Waals surface area (Å²) in [5, 5.41) is 13.0. The first-order valence-electron chi connectivity index (χ1n) is 12.0. The number of aromatic nitrogens is 2. The van der Waals surface area contributed by atoms with Gasteiger partial charge in [-0.2, -0.15) is 0 Å². The lowest BCUT2D eigenvalue weighted by atomic mass is 10.1. The van der Waals surface area contributed by atoms with Gasteiger partial charge in [0.15, 0.2) is 0 Å². The summed E-state index contributed by atoms with van der Waals surface area (Å²) in [6.45, 7) is 3.41. The van der Waals surface area contributed by atoms with Crippen LogP contribution in [-0.2, 0) is 26.8 Å². The Hall–Kier alpha value is -2.85. The van der Waals surface area contributed by atoms with E-state index in [2.05, 4.69) is 26.2 Å². The van der Waals surface area contributed by atoms with Crippen molar-refractivity contribution in [2.75, 3.05) is 13.2 Å². The molecule has 3 N–H and O–H groups in total. The van der Waals surface area contributed by atoms with E-state index in [1.54, 1.807) is 26.2 Å². The number of hydrogen-bond donors (Lipinski definition) is 3. The van der Waals surface area contributed by atoms with E-state index in [4.69, 9.17) is 9.05 Å². The van der Waals surface area contributed by atoms with Gasteiger partial charge in [0, 0.05) is 36.4 Å². The Morgan fingerprint density at radius 1 is 1.13 bits per heavy atom. The van der Waals surface area contributed by atoms with Gasteiger partial charge >= 0.3 is 7.82 Å². The molecular weight excluding hydrogens is 573 g/mol. The lowest BCUT2D eigenvalue weighted by Crippen LogP contribution is -2.29. The molecule has 9 nitrogen and oxygen atoms in total. The summed E-state index contributed by atoms with van der Waals surface area (Å²) < 4.78 is 24.3. The second-order valence-corrected chi connectivity index (χ2v) is 11.1. The summed E-state index contributed by atoms with van der Waals surface area (Å²) >= 11 is 3.63. The molecule has 0 saturated carbocycles.